The molecule has 1 aliphatic heterocycles. The average Bonchev–Trinajstić information content (AvgIpc) is 2.49. The smallest absolute Gasteiger partial charge is 0.128 e. The van der Waals surface area contributed by atoms with Gasteiger partial charge in [0, 0.05) is 17.8 Å². The highest BCUT2D eigenvalue weighted by Crippen LogP contribution is 2.29. The summed E-state index contributed by atoms with van der Waals surface area (Å²) >= 11 is 0. The molecule has 1 heterocycles. The summed E-state index contributed by atoms with van der Waals surface area (Å²) in [6.07, 6.45) is 2.53. The molecule has 2 heteroatoms. The van der Waals surface area contributed by atoms with Crippen LogP contribution in [0.4, 0.5) is 10.1 Å². The molecule has 1 aromatic rings. The number of anilines is 1. The van der Waals surface area contributed by atoms with Gasteiger partial charge in [0.05, 0.1) is 0 Å². The normalized spacial score (nSPS) is 14.6. The quantitative estimate of drug-likeness (QED) is 0.614. The van der Waals surface area contributed by atoms with Crippen LogP contribution in [0, 0.1) is 5.82 Å². The van der Waals surface area contributed by atoms with Crippen LogP contribution >= 0.6 is 0 Å². The Kier molecular flexibility index (Phi) is 1.61. The zero-order valence-corrected chi connectivity index (χ0v) is 6.76. The summed E-state index contributed by atoms with van der Waals surface area (Å²) in [5, 5.41) is 0. The topological polar surface area (TPSA) is 3.24 Å². The van der Waals surface area contributed by atoms with Crippen LogP contribution in [0.5, 0.6) is 0 Å². The number of fused-ring (bicyclic) bond motifs is 1. The molecule has 12 heavy (non-hydrogen) atoms. The molecule has 0 fully saturated rings. The van der Waals surface area contributed by atoms with E-state index in [4.69, 9.17) is 0 Å². The molecule has 1 aliphatic rings. The van der Waals surface area contributed by atoms with E-state index in [9.17, 15) is 4.39 Å². The standard InChI is InChI=1S/C10H10FN/c1-2-12-7-6-8-9(11)4-3-5-10(8)12/h2-5H,1,6-7H2. The Labute approximate surface area is 71.1 Å². The second-order valence-electron chi connectivity index (χ2n) is 2.86. The van der Waals surface area contributed by atoms with Crippen LogP contribution in [-0.4, -0.2) is 6.54 Å². The fourth-order valence-corrected chi connectivity index (χ4v) is 1.61. The summed E-state index contributed by atoms with van der Waals surface area (Å²) in [5.41, 5.74) is 1.78. The van der Waals surface area contributed by atoms with Crippen molar-refractivity contribution in [2.24, 2.45) is 0 Å². The van der Waals surface area contributed by atoms with E-state index in [1.807, 2.05) is 11.0 Å². The predicted molar refractivity (Wildman–Crippen MR) is 47.6 cm³/mol. The lowest BCUT2D eigenvalue weighted by Gasteiger charge is -2.12. The van der Waals surface area contributed by atoms with Gasteiger partial charge in [-0.15, -0.1) is 0 Å². The third-order valence-electron chi connectivity index (χ3n) is 2.23. The third-order valence-corrected chi connectivity index (χ3v) is 2.23. The van der Waals surface area contributed by atoms with Gasteiger partial charge in [0.15, 0.2) is 0 Å². The van der Waals surface area contributed by atoms with Gasteiger partial charge in [-0.2, -0.15) is 0 Å². The molecule has 1 aromatic carbocycles. The lowest BCUT2D eigenvalue weighted by atomic mass is 10.1. The van der Waals surface area contributed by atoms with Crippen LogP contribution in [0.1, 0.15) is 5.56 Å². The van der Waals surface area contributed by atoms with Crippen molar-refractivity contribution in [3.8, 4) is 0 Å². The average molecular weight is 163 g/mol. The molecule has 0 bridgehead atoms. The first kappa shape index (κ1) is 7.35. The van der Waals surface area contributed by atoms with E-state index in [0.29, 0.717) is 0 Å². The Hall–Kier alpha value is -1.31. The van der Waals surface area contributed by atoms with Gasteiger partial charge in [-0.1, -0.05) is 12.6 Å². The summed E-state index contributed by atoms with van der Waals surface area (Å²) in [7, 11) is 0. The van der Waals surface area contributed by atoms with E-state index >= 15 is 0 Å². The van der Waals surface area contributed by atoms with Crippen LogP contribution in [0.25, 0.3) is 0 Å². The zero-order chi connectivity index (χ0) is 8.55. The largest absolute Gasteiger partial charge is 0.348 e. The van der Waals surface area contributed by atoms with Crippen LogP contribution in [0.2, 0.25) is 0 Å². The molecular formula is C10H10FN. The summed E-state index contributed by atoms with van der Waals surface area (Å²) in [6, 6.07) is 5.16. The van der Waals surface area contributed by atoms with Crippen molar-refractivity contribution in [3.63, 3.8) is 0 Å². The highest BCUT2D eigenvalue weighted by atomic mass is 19.1. The highest BCUT2D eigenvalue weighted by molar-refractivity contribution is 5.60. The third kappa shape index (κ3) is 0.916. The first-order valence-corrected chi connectivity index (χ1v) is 3.99. The Morgan fingerprint density at radius 2 is 2.33 bits per heavy atom. The molecule has 0 N–H and O–H groups in total. The number of hydrogen-bond donors (Lipinski definition) is 0. The maximum atomic E-state index is 13.1. The van der Waals surface area contributed by atoms with Crippen molar-refractivity contribution in [1.82, 2.24) is 0 Å². The number of benzene rings is 1. The minimum Gasteiger partial charge on any atom is -0.348 e. The number of rotatable bonds is 1. The molecule has 1 nitrogen and oxygen atoms in total. The highest BCUT2D eigenvalue weighted by Gasteiger charge is 2.19. The fraction of sp³-hybridized carbons (Fsp3) is 0.200. The fourth-order valence-electron chi connectivity index (χ4n) is 1.61. The predicted octanol–water partition coefficient (Wildman–Crippen LogP) is 2.33. The van der Waals surface area contributed by atoms with Gasteiger partial charge in [-0.3, -0.25) is 0 Å². The van der Waals surface area contributed by atoms with Gasteiger partial charge in [0.1, 0.15) is 5.82 Å². The number of hydrogen-bond acceptors (Lipinski definition) is 1. The van der Waals surface area contributed by atoms with Crippen LogP contribution in [0.3, 0.4) is 0 Å². The van der Waals surface area contributed by atoms with Gasteiger partial charge >= 0.3 is 0 Å². The Morgan fingerprint density at radius 1 is 1.50 bits per heavy atom. The summed E-state index contributed by atoms with van der Waals surface area (Å²) in [5.74, 6) is -0.100. The molecule has 0 aromatic heterocycles. The maximum absolute atomic E-state index is 13.1. The SMILES string of the molecule is C=CN1CCc2c(F)cccc21. The van der Waals surface area contributed by atoms with Crippen LogP contribution in [-0.2, 0) is 6.42 Å². The lowest BCUT2D eigenvalue weighted by Crippen LogP contribution is -2.10. The maximum Gasteiger partial charge on any atom is 0.128 e. The summed E-state index contributed by atoms with van der Waals surface area (Å²) in [6.45, 7) is 4.52. The first-order valence-electron chi connectivity index (χ1n) is 3.99. The monoisotopic (exact) mass is 163 g/mol. The van der Waals surface area contributed by atoms with Gasteiger partial charge in [-0.05, 0) is 24.8 Å². The number of nitrogens with zero attached hydrogens (tertiary/aromatic N) is 1. The molecular weight excluding hydrogens is 153 g/mol. The second-order valence-corrected chi connectivity index (χ2v) is 2.86. The Bertz CT molecular complexity index is 320. The van der Waals surface area contributed by atoms with E-state index < -0.39 is 0 Å². The van der Waals surface area contributed by atoms with Crippen molar-refractivity contribution in [3.05, 3.63) is 42.4 Å². The van der Waals surface area contributed by atoms with Gasteiger partial charge < -0.3 is 4.90 Å². The van der Waals surface area contributed by atoms with E-state index in [-0.39, 0.29) is 5.82 Å². The molecule has 0 unspecified atom stereocenters. The minimum absolute atomic E-state index is 0.100. The van der Waals surface area contributed by atoms with E-state index in [0.717, 1.165) is 24.2 Å². The van der Waals surface area contributed by atoms with Gasteiger partial charge in [-0.25, -0.2) is 4.39 Å². The molecule has 0 saturated heterocycles. The molecule has 62 valence electrons. The van der Waals surface area contributed by atoms with E-state index in [1.54, 1.807) is 12.3 Å². The van der Waals surface area contributed by atoms with Crippen LogP contribution in [0.15, 0.2) is 31.0 Å². The molecule has 0 radical (unpaired) electrons. The molecule has 0 spiro atoms. The first-order chi connectivity index (χ1) is 5.83. The van der Waals surface area contributed by atoms with Crippen molar-refractivity contribution in [1.29, 1.82) is 0 Å². The lowest BCUT2D eigenvalue weighted by molar-refractivity contribution is 0.615. The van der Waals surface area contributed by atoms with Crippen molar-refractivity contribution in [2.75, 3.05) is 11.4 Å². The molecule has 0 aliphatic carbocycles. The summed E-state index contributed by atoms with van der Waals surface area (Å²) in [4.78, 5) is 1.97. The van der Waals surface area contributed by atoms with Crippen molar-refractivity contribution in [2.45, 2.75) is 6.42 Å². The zero-order valence-electron chi connectivity index (χ0n) is 6.76. The van der Waals surface area contributed by atoms with Gasteiger partial charge in [0.25, 0.3) is 0 Å². The molecule has 0 atom stereocenters. The van der Waals surface area contributed by atoms with Crippen molar-refractivity contribution < 1.29 is 4.39 Å². The van der Waals surface area contributed by atoms with Crippen molar-refractivity contribution >= 4 is 5.69 Å². The second kappa shape index (κ2) is 2.63. The Balaban J connectivity index is 2.52. The van der Waals surface area contributed by atoms with Crippen LogP contribution < -0.4 is 4.90 Å². The number of halogens is 1. The minimum atomic E-state index is -0.100. The molecule has 2 rings (SSSR count). The Morgan fingerprint density at radius 3 is 3.08 bits per heavy atom. The van der Waals surface area contributed by atoms with E-state index in [2.05, 4.69) is 6.58 Å². The van der Waals surface area contributed by atoms with Gasteiger partial charge in [0.2, 0.25) is 0 Å². The molecule has 0 saturated carbocycles. The van der Waals surface area contributed by atoms with E-state index in [1.165, 1.54) is 6.07 Å². The summed E-state index contributed by atoms with van der Waals surface area (Å²) < 4.78 is 13.1. The molecule has 0 amide bonds.